The summed E-state index contributed by atoms with van der Waals surface area (Å²) in [4.78, 5) is 30.7. The first kappa shape index (κ1) is 31.3. The molecule has 2 heterocycles. The third-order valence-electron chi connectivity index (χ3n) is 7.56. The maximum atomic E-state index is 13.3. The molecule has 8 heteroatoms. The lowest BCUT2D eigenvalue weighted by Gasteiger charge is -2.34. The second-order valence-corrected chi connectivity index (χ2v) is 12.1. The average molecular weight is 536 g/mol. The van der Waals surface area contributed by atoms with E-state index < -0.39 is 35.6 Å². The first-order valence-electron chi connectivity index (χ1n) is 13.4. The number of allylic oxidation sites excluding steroid dienone is 1. The summed E-state index contributed by atoms with van der Waals surface area (Å²) in [5.41, 5.74) is 1.60. The number of hydrogen-bond donors (Lipinski definition) is 3. The molecule has 0 bridgehead atoms. The summed E-state index contributed by atoms with van der Waals surface area (Å²) in [7, 11) is 0. The number of thiazole rings is 1. The molecule has 0 aliphatic carbocycles. The minimum absolute atomic E-state index is 0.0941. The van der Waals surface area contributed by atoms with Crippen LogP contribution in [0.3, 0.4) is 0 Å². The molecule has 0 unspecified atom stereocenters. The van der Waals surface area contributed by atoms with E-state index in [0.717, 1.165) is 42.0 Å². The third-order valence-corrected chi connectivity index (χ3v) is 8.36. The van der Waals surface area contributed by atoms with Gasteiger partial charge in [0.05, 0.1) is 34.7 Å². The van der Waals surface area contributed by atoms with Gasteiger partial charge in [0.2, 0.25) is 0 Å². The Kier molecular flexibility index (Phi) is 12.1. The van der Waals surface area contributed by atoms with Crippen molar-refractivity contribution in [2.24, 2.45) is 17.3 Å². The Labute approximate surface area is 225 Å². The predicted octanol–water partition coefficient (Wildman–Crippen LogP) is 5.02. The molecule has 0 aromatic carbocycles. The fraction of sp³-hybridized carbons (Fsp3) is 0.690. The number of aliphatic hydroxyl groups is 3. The normalized spacial score (nSPS) is 30.5. The second-order valence-electron chi connectivity index (χ2n) is 11.0. The van der Waals surface area contributed by atoms with Crippen molar-refractivity contribution < 1.29 is 29.6 Å². The van der Waals surface area contributed by atoms with E-state index in [4.69, 9.17) is 4.74 Å². The molecular weight excluding hydrogens is 490 g/mol. The molecule has 0 spiro atoms. The lowest BCUT2D eigenvalue weighted by molar-refractivity contribution is -0.154. The van der Waals surface area contributed by atoms with Crippen LogP contribution in [0, 0.1) is 24.2 Å². The monoisotopic (exact) mass is 535 g/mol. The van der Waals surface area contributed by atoms with E-state index in [2.05, 4.69) is 11.1 Å². The molecular formula is C29H45NO6S. The van der Waals surface area contributed by atoms with Crippen LogP contribution in [0.4, 0.5) is 0 Å². The number of nitrogens with zero attached hydrogens (tertiary/aromatic N) is 1. The molecule has 7 nitrogen and oxygen atoms in total. The quantitative estimate of drug-likeness (QED) is 0.358. The van der Waals surface area contributed by atoms with Crippen molar-refractivity contribution in [2.75, 3.05) is 6.61 Å². The SMILES string of the molecule is C/C(=C\c1csc(C)n1)[C@@H]1C/C=C(/CCCO)CCC[C@H](C)[C@H](O)[C@@H](C)C(=O)C(C)(C)[C@@H](O)CC(=O)O1. The summed E-state index contributed by atoms with van der Waals surface area (Å²) in [5, 5.41) is 34.0. The molecule has 2 rings (SSSR count). The zero-order valence-corrected chi connectivity index (χ0v) is 24.0. The Hall–Kier alpha value is -1.87. The highest BCUT2D eigenvalue weighted by Gasteiger charge is 2.42. The Morgan fingerprint density at radius 1 is 1.27 bits per heavy atom. The Morgan fingerprint density at radius 3 is 2.59 bits per heavy atom. The van der Waals surface area contributed by atoms with E-state index in [1.807, 2.05) is 32.2 Å². The van der Waals surface area contributed by atoms with Crippen LogP contribution in [0.25, 0.3) is 6.08 Å². The molecule has 5 atom stereocenters. The Bertz CT molecular complexity index is 965. The van der Waals surface area contributed by atoms with Gasteiger partial charge in [0.1, 0.15) is 11.9 Å². The first-order chi connectivity index (χ1) is 17.4. The largest absolute Gasteiger partial charge is 0.457 e. The van der Waals surface area contributed by atoms with E-state index in [1.165, 1.54) is 5.57 Å². The third kappa shape index (κ3) is 9.13. The van der Waals surface area contributed by atoms with Crippen molar-refractivity contribution in [3.63, 3.8) is 0 Å². The number of hydrogen-bond acceptors (Lipinski definition) is 8. The fourth-order valence-electron chi connectivity index (χ4n) is 4.85. The number of aliphatic hydroxyl groups excluding tert-OH is 3. The standard InChI is InChI=1S/C29H45NO6S/c1-18-9-7-10-22(11-8-14-31)12-13-24(19(2)15-23-17-37-21(4)30-23)36-26(33)16-25(32)29(5,6)28(35)20(3)27(18)34/h12,15,17-18,20,24-25,27,31-32,34H,7-11,13-14,16H2,1-6H3/b19-15+,22-12+/t18-,20+,24-,25-,27-/m0/s1. The first-order valence-corrected chi connectivity index (χ1v) is 14.2. The molecule has 37 heavy (non-hydrogen) atoms. The number of esters is 1. The molecule has 0 saturated heterocycles. The number of ketones is 1. The van der Waals surface area contributed by atoms with Gasteiger partial charge in [0.25, 0.3) is 0 Å². The van der Waals surface area contributed by atoms with Crippen LogP contribution in [0.2, 0.25) is 0 Å². The summed E-state index contributed by atoms with van der Waals surface area (Å²) in [6.45, 7) is 10.8. The Balaban J connectivity index is 2.40. The van der Waals surface area contributed by atoms with Crippen LogP contribution in [0.5, 0.6) is 0 Å². The van der Waals surface area contributed by atoms with Gasteiger partial charge in [0, 0.05) is 24.3 Å². The van der Waals surface area contributed by atoms with Gasteiger partial charge in [-0.2, -0.15) is 0 Å². The number of cyclic esters (lactones) is 1. The molecule has 208 valence electrons. The van der Waals surface area contributed by atoms with Crippen molar-refractivity contribution in [3.8, 4) is 0 Å². The second kappa shape index (κ2) is 14.3. The lowest BCUT2D eigenvalue weighted by atomic mass is 9.73. The van der Waals surface area contributed by atoms with Gasteiger partial charge in [-0.05, 0) is 63.5 Å². The van der Waals surface area contributed by atoms with Gasteiger partial charge in [-0.3, -0.25) is 9.59 Å². The summed E-state index contributed by atoms with van der Waals surface area (Å²) in [6, 6.07) is 0. The molecule has 3 N–H and O–H groups in total. The van der Waals surface area contributed by atoms with E-state index in [9.17, 15) is 24.9 Å². The fourth-order valence-corrected chi connectivity index (χ4v) is 5.42. The van der Waals surface area contributed by atoms with Gasteiger partial charge in [-0.25, -0.2) is 4.98 Å². The van der Waals surface area contributed by atoms with E-state index in [-0.39, 0.29) is 24.7 Å². The Morgan fingerprint density at radius 2 is 1.97 bits per heavy atom. The number of carbonyl (C=O) groups is 2. The molecule has 0 fully saturated rings. The van der Waals surface area contributed by atoms with Crippen molar-refractivity contribution in [1.29, 1.82) is 0 Å². The number of carbonyl (C=O) groups excluding carboxylic acids is 2. The average Bonchev–Trinajstić information content (AvgIpc) is 3.26. The van der Waals surface area contributed by atoms with Crippen molar-refractivity contribution in [3.05, 3.63) is 33.3 Å². The van der Waals surface area contributed by atoms with Crippen LogP contribution >= 0.6 is 11.3 Å². The maximum absolute atomic E-state index is 13.3. The van der Waals surface area contributed by atoms with Gasteiger partial charge >= 0.3 is 5.97 Å². The number of rotatable bonds is 5. The molecule has 1 aliphatic heterocycles. The highest BCUT2D eigenvalue weighted by atomic mass is 32.1. The molecule has 1 aromatic rings. The van der Waals surface area contributed by atoms with E-state index in [0.29, 0.717) is 12.8 Å². The minimum atomic E-state index is -1.24. The van der Waals surface area contributed by atoms with Crippen molar-refractivity contribution in [2.45, 2.75) is 105 Å². The van der Waals surface area contributed by atoms with Gasteiger partial charge in [-0.1, -0.05) is 39.3 Å². The zero-order valence-electron chi connectivity index (χ0n) is 23.2. The van der Waals surface area contributed by atoms with Crippen LogP contribution in [0.15, 0.2) is 22.6 Å². The molecule has 0 amide bonds. The summed E-state index contributed by atoms with van der Waals surface area (Å²) in [6.07, 6.45) is 5.30. The van der Waals surface area contributed by atoms with Crippen LogP contribution in [-0.2, 0) is 14.3 Å². The smallest absolute Gasteiger partial charge is 0.309 e. The highest BCUT2D eigenvalue weighted by molar-refractivity contribution is 7.09. The highest BCUT2D eigenvalue weighted by Crippen LogP contribution is 2.32. The minimum Gasteiger partial charge on any atom is -0.457 e. The number of ether oxygens (including phenoxy) is 1. The molecule has 1 aromatic heterocycles. The van der Waals surface area contributed by atoms with E-state index in [1.54, 1.807) is 32.1 Å². The lowest BCUT2D eigenvalue weighted by Crippen LogP contribution is -2.45. The van der Waals surface area contributed by atoms with Crippen LogP contribution in [-0.4, -0.2) is 57.0 Å². The maximum Gasteiger partial charge on any atom is 0.309 e. The molecule has 0 radical (unpaired) electrons. The number of aryl methyl sites for hydroxylation is 1. The van der Waals surface area contributed by atoms with Crippen LogP contribution in [0.1, 0.15) is 90.3 Å². The summed E-state index contributed by atoms with van der Waals surface area (Å²) >= 11 is 1.55. The topological polar surface area (TPSA) is 117 Å². The van der Waals surface area contributed by atoms with Crippen LogP contribution < -0.4 is 0 Å². The number of Topliss-reactive ketones (excluding diaryl/α,β-unsaturated/α-hetero) is 1. The van der Waals surface area contributed by atoms with Crippen molar-refractivity contribution >= 4 is 29.2 Å². The summed E-state index contributed by atoms with van der Waals surface area (Å²) < 4.78 is 5.86. The van der Waals surface area contributed by atoms with Crippen molar-refractivity contribution in [1.82, 2.24) is 4.98 Å². The molecule has 1 aliphatic rings. The number of aromatic nitrogens is 1. The predicted molar refractivity (Wildman–Crippen MR) is 147 cm³/mol. The summed E-state index contributed by atoms with van der Waals surface area (Å²) in [5.74, 6) is -1.62. The molecule has 0 saturated carbocycles. The van der Waals surface area contributed by atoms with E-state index >= 15 is 0 Å². The zero-order chi connectivity index (χ0) is 27.8. The van der Waals surface area contributed by atoms with Gasteiger partial charge < -0.3 is 20.1 Å². The van der Waals surface area contributed by atoms with Gasteiger partial charge in [0.15, 0.2) is 0 Å². The van der Waals surface area contributed by atoms with Gasteiger partial charge in [-0.15, -0.1) is 11.3 Å².